The van der Waals surface area contributed by atoms with Gasteiger partial charge in [-0.15, -0.1) is 0 Å². The molecule has 0 aliphatic rings. The van der Waals surface area contributed by atoms with Gasteiger partial charge in [-0.2, -0.15) is 11.8 Å². The number of hydrogen-bond donors (Lipinski definition) is 2. The van der Waals surface area contributed by atoms with Crippen LogP contribution in [0.15, 0.2) is 24.3 Å². The van der Waals surface area contributed by atoms with E-state index in [0.29, 0.717) is 17.7 Å². The van der Waals surface area contributed by atoms with Crippen molar-refractivity contribution >= 4 is 29.1 Å². The molecule has 0 bridgehead atoms. The zero-order valence-electron chi connectivity index (χ0n) is 10.6. The Labute approximate surface area is 111 Å². The van der Waals surface area contributed by atoms with Crippen molar-refractivity contribution < 1.29 is 9.59 Å². The molecule has 0 saturated heterocycles. The molecule has 4 nitrogen and oxygen atoms in total. The predicted octanol–water partition coefficient (Wildman–Crippen LogP) is 1.91. The van der Waals surface area contributed by atoms with Gasteiger partial charge in [0.2, 0.25) is 5.91 Å². The van der Waals surface area contributed by atoms with E-state index in [1.165, 1.54) is 6.92 Å². The zero-order chi connectivity index (χ0) is 13.5. The molecule has 1 atom stereocenters. The van der Waals surface area contributed by atoms with Gasteiger partial charge in [0.25, 0.3) is 0 Å². The number of carbonyl (C=O) groups is 2. The van der Waals surface area contributed by atoms with Crippen LogP contribution in [0.25, 0.3) is 0 Å². The molecule has 0 spiro atoms. The normalized spacial score (nSPS) is 11.9. The van der Waals surface area contributed by atoms with Crippen LogP contribution in [-0.4, -0.2) is 29.7 Å². The third-order valence-corrected chi connectivity index (χ3v) is 3.15. The average Bonchev–Trinajstić information content (AvgIpc) is 2.36. The molecule has 0 aliphatic carbocycles. The molecule has 1 rings (SSSR count). The summed E-state index contributed by atoms with van der Waals surface area (Å²) in [4.78, 5) is 23.0. The molecule has 0 aromatic heterocycles. The quantitative estimate of drug-likeness (QED) is 0.771. The first-order valence-electron chi connectivity index (χ1n) is 5.71. The van der Waals surface area contributed by atoms with E-state index in [-0.39, 0.29) is 11.7 Å². The minimum Gasteiger partial charge on any atom is -0.325 e. The van der Waals surface area contributed by atoms with Crippen LogP contribution in [0.4, 0.5) is 5.69 Å². The molecule has 0 saturated carbocycles. The van der Waals surface area contributed by atoms with Gasteiger partial charge in [-0.25, -0.2) is 0 Å². The summed E-state index contributed by atoms with van der Waals surface area (Å²) >= 11 is 1.66. The maximum atomic E-state index is 11.8. The summed E-state index contributed by atoms with van der Waals surface area (Å²) in [5.74, 6) is 0.602. The number of ketones is 1. The van der Waals surface area contributed by atoms with Crippen LogP contribution in [0, 0.1) is 0 Å². The standard InChI is InChI=1S/C13H18N2O2S/c1-9(16)10-4-3-5-11(8-10)15-13(17)12(14)6-7-18-2/h3-5,8,12H,6-7,14H2,1-2H3,(H,15,17)/t12-/m0/s1. The number of nitrogens with one attached hydrogen (secondary N) is 1. The van der Waals surface area contributed by atoms with Gasteiger partial charge in [-0.1, -0.05) is 12.1 Å². The van der Waals surface area contributed by atoms with Crippen molar-refractivity contribution in [3.8, 4) is 0 Å². The molecule has 1 aromatic carbocycles. The van der Waals surface area contributed by atoms with E-state index in [9.17, 15) is 9.59 Å². The van der Waals surface area contributed by atoms with E-state index in [0.717, 1.165) is 5.75 Å². The van der Waals surface area contributed by atoms with Gasteiger partial charge < -0.3 is 11.1 Å². The number of nitrogens with two attached hydrogens (primary N) is 1. The Morgan fingerprint density at radius 3 is 2.78 bits per heavy atom. The highest BCUT2D eigenvalue weighted by atomic mass is 32.2. The monoisotopic (exact) mass is 266 g/mol. The highest BCUT2D eigenvalue weighted by Crippen LogP contribution is 2.12. The lowest BCUT2D eigenvalue weighted by Gasteiger charge is -2.12. The molecule has 1 amide bonds. The van der Waals surface area contributed by atoms with Crippen molar-refractivity contribution in [2.45, 2.75) is 19.4 Å². The Kier molecular flexibility index (Phi) is 5.88. The number of hydrogen-bond acceptors (Lipinski definition) is 4. The Balaban J connectivity index is 2.64. The third kappa shape index (κ3) is 4.50. The summed E-state index contributed by atoms with van der Waals surface area (Å²) < 4.78 is 0. The second-order valence-electron chi connectivity index (χ2n) is 4.01. The molecule has 18 heavy (non-hydrogen) atoms. The molecule has 0 aliphatic heterocycles. The maximum Gasteiger partial charge on any atom is 0.241 e. The second kappa shape index (κ2) is 7.18. The first kappa shape index (κ1) is 14.7. The molecule has 0 fully saturated rings. The molecule has 0 radical (unpaired) electrons. The minimum absolute atomic E-state index is 0.0298. The van der Waals surface area contributed by atoms with Crippen LogP contribution in [0.1, 0.15) is 23.7 Å². The van der Waals surface area contributed by atoms with E-state index in [1.807, 2.05) is 6.26 Å². The van der Waals surface area contributed by atoms with Crippen molar-refractivity contribution in [3.63, 3.8) is 0 Å². The lowest BCUT2D eigenvalue weighted by molar-refractivity contribution is -0.117. The third-order valence-electron chi connectivity index (χ3n) is 2.51. The molecule has 0 unspecified atom stereocenters. The smallest absolute Gasteiger partial charge is 0.241 e. The van der Waals surface area contributed by atoms with Gasteiger partial charge in [0.05, 0.1) is 6.04 Å². The van der Waals surface area contributed by atoms with Gasteiger partial charge in [0, 0.05) is 11.3 Å². The number of benzene rings is 1. The minimum atomic E-state index is -0.515. The topological polar surface area (TPSA) is 72.2 Å². The number of anilines is 1. The van der Waals surface area contributed by atoms with Crippen molar-refractivity contribution in [1.29, 1.82) is 0 Å². The molecule has 5 heteroatoms. The fraction of sp³-hybridized carbons (Fsp3) is 0.385. The summed E-state index contributed by atoms with van der Waals surface area (Å²) in [6.07, 6.45) is 2.61. The Bertz CT molecular complexity index is 435. The van der Waals surface area contributed by atoms with Gasteiger partial charge in [0.1, 0.15) is 0 Å². The van der Waals surface area contributed by atoms with Crippen LogP contribution in [0.5, 0.6) is 0 Å². The van der Waals surface area contributed by atoms with E-state index in [2.05, 4.69) is 5.32 Å². The Morgan fingerprint density at radius 2 is 2.17 bits per heavy atom. The van der Waals surface area contributed by atoms with E-state index >= 15 is 0 Å². The summed E-state index contributed by atoms with van der Waals surface area (Å²) in [7, 11) is 0. The Morgan fingerprint density at radius 1 is 1.44 bits per heavy atom. The van der Waals surface area contributed by atoms with Crippen molar-refractivity contribution in [3.05, 3.63) is 29.8 Å². The second-order valence-corrected chi connectivity index (χ2v) is 5.00. The molecular formula is C13H18N2O2S. The summed E-state index contributed by atoms with van der Waals surface area (Å²) in [6.45, 7) is 1.49. The number of amides is 1. The van der Waals surface area contributed by atoms with Crippen molar-refractivity contribution in [2.24, 2.45) is 5.73 Å². The molecule has 98 valence electrons. The van der Waals surface area contributed by atoms with Crippen LogP contribution in [0.2, 0.25) is 0 Å². The van der Waals surface area contributed by atoms with Crippen molar-refractivity contribution in [1.82, 2.24) is 0 Å². The van der Waals surface area contributed by atoms with Crippen LogP contribution in [-0.2, 0) is 4.79 Å². The van der Waals surface area contributed by atoms with E-state index < -0.39 is 6.04 Å². The highest BCUT2D eigenvalue weighted by molar-refractivity contribution is 7.98. The van der Waals surface area contributed by atoms with Gasteiger partial charge >= 0.3 is 0 Å². The van der Waals surface area contributed by atoms with Crippen LogP contribution < -0.4 is 11.1 Å². The van der Waals surface area contributed by atoms with Crippen LogP contribution in [0.3, 0.4) is 0 Å². The first-order chi connectivity index (χ1) is 8.54. The van der Waals surface area contributed by atoms with Crippen LogP contribution >= 0.6 is 11.8 Å². The average molecular weight is 266 g/mol. The SMILES string of the molecule is CSCC[C@H](N)C(=O)Nc1cccc(C(C)=O)c1. The number of Topliss-reactive ketones (excluding diaryl/α,β-unsaturated/α-hetero) is 1. The summed E-state index contributed by atoms with van der Waals surface area (Å²) in [5, 5.41) is 2.72. The maximum absolute atomic E-state index is 11.8. The van der Waals surface area contributed by atoms with Crippen molar-refractivity contribution in [2.75, 3.05) is 17.3 Å². The fourth-order valence-corrected chi connectivity index (χ4v) is 1.92. The molecule has 3 N–H and O–H groups in total. The Hall–Kier alpha value is -1.33. The summed E-state index contributed by atoms with van der Waals surface area (Å²) in [6, 6.07) is 6.33. The van der Waals surface area contributed by atoms with E-state index in [1.54, 1.807) is 36.0 Å². The lowest BCUT2D eigenvalue weighted by Crippen LogP contribution is -2.36. The first-order valence-corrected chi connectivity index (χ1v) is 7.10. The molecule has 1 aromatic rings. The van der Waals surface area contributed by atoms with Gasteiger partial charge in [0.15, 0.2) is 5.78 Å². The number of rotatable bonds is 6. The molecule has 0 heterocycles. The number of carbonyl (C=O) groups excluding carboxylic acids is 2. The molecular weight excluding hydrogens is 248 g/mol. The van der Waals surface area contributed by atoms with Gasteiger partial charge in [-0.05, 0) is 37.5 Å². The highest BCUT2D eigenvalue weighted by Gasteiger charge is 2.13. The zero-order valence-corrected chi connectivity index (χ0v) is 11.4. The fourth-order valence-electron chi connectivity index (χ4n) is 1.43. The number of thioether (sulfide) groups is 1. The predicted molar refractivity (Wildman–Crippen MR) is 76.1 cm³/mol. The van der Waals surface area contributed by atoms with Gasteiger partial charge in [-0.3, -0.25) is 9.59 Å². The lowest BCUT2D eigenvalue weighted by atomic mass is 10.1. The largest absolute Gasteiger partial charge is 0.325 e. The van der Waals surface area contributed by atoms with E-state index in [4.69, 9.17) is 5.73 Å². The summed E-state index contributed by atoms with van der Waals surface area (Å²) in [5.41, 5.74) is 6.94.